The highest BCUT2D eigenvalue weighted by molar-refractivity contribution is 7.09. The summed E-state index contributed by atoms with van der Waals surface area (Å²) in [5.74, 6) is 0.209. The van der Waals surface area contributed by atoms with E-state index in [1.54, 1.807) is 40.5 Å². The number of carbonyl (C=O) groups excluding carboxylic acids is 1. The predicted octanol–water partition coefficient (Wildman–Crippen LogP) is 5.34. The normalized spacial score (nSPS) is 11.4. The Hall–Kier alpha value is -2.84. The maximum absolute atomic E-state index is 13.2. The van der Waals surface area contributed by atoms with Crippen LogP contribution in [-0.4, -0.2) is 23.9 Å². The van der Waals surface area contributed by atoms with E-state index in [4.69, 9.17) is 10.5 Å². The molecular weight excluding hydrogens is 425 g/mol. The third-order valence-electron chi connectivity index (χ3n) is 4.64. The zero-order valence-corrected chi connectivity index (χ0v) is 17.6. The van der Waals surface area contributed by atoms with Crippen LogP contribution >= 0.6 is 11.3 Å². The second kappa shape index (κ2) is 10.5. The van der Waals surface area contributed by atoms with Crippen LogP contribution in [0.4, 0.5) is 13.2 Å². The molecule has 0 aliphatic rings. The van der Waals surface area contributed by atoms with E-state index in [-0.39, 0.29) is 12.5 Å². The molecule has 2 N–H and O–H groups in total. The van der Waals surface area contributed by atoms with E-state index >= 15 is 0 Å². The fourth-order valence-electron chi connectivity index (χ4n) is 3.02. The Morgan fingerprint density at radius 3 is 2.42 bits per heavy atom. The highest BCUT2D eigenvalue weighted by atomic mass is 32.1. The maximum Gasteiger partial charge on any atom is 0.416 e. The summed E-state index contributed by atoms with van der Waals surface area (Å²) >= 11 is 1.58. The van der Waals surface area contributed by atoms with Gasteiger partial charge in [0.15, 0.2) is 0 Å². The molecule has 2 aromatic carbocycles. The molecule has 0 spiro atoms. The first-order valence-electron chi connectivity index (χ1n) is 9.78. The Morgan fingerprint density at radius 2 is 1.77 bits per heavy atom. The van der Waals surface area contributed by atoms with Crippen LogP contribution in [0.25, 0.3) is 0 Å². The molecule has 1 amide bonds. The first-order chi connectivity index (χ1) is 14.9. The topological polar surface area (TPSA) is 55.6 Å². The van der Waals surface area contributed by atoms with Gasteiger partial charge in [0.1, 0.15) is 12.4 Å². The van der Waals surface area contributed by atoms with Gasteiger partial charge in [-0.15, -0.1) is 11.3 Å². The lowest BCUT2D eigenvalue weighted by molar-refractivity contribution is -0.137. The van der Waals surface area contributed by atoms with Crippen molar-refractivity contribution in [3.05, 3.63) is 87.6 Å². The first-order valence-corrected chi connectivity index (χ1v) is 10.7. The fourth-order valence-corrected chi connectivity index (χ4v) is 3.74. The number of benzene rings is 2. The SMILES string of the molecule is NCCCN(Cc1cccs1)C(=O)c1ccccc1OCc1ccc(C(F)(F)F)cc1. The number of hydrogen-bond donors (Lipinski definition) is 1. The molecule has 0 saturated heterocycles. The zero-order valence-electron chi connectivity index (χ0n) is 16.8. The Morgan fingerprint density at radius 1 is 1.03 bits per heavy atom. The number of nitrogens with two attached hydrogens (primary N) is 1. The van der Waals surface area contributed by atoms with Crippen molar-refractivity contribution in [2.75, 3.05) is 13.1 Å². The Kier molecular flexibility index (Phi) is 7.70. The molecule has 3 aromatic rings. The summed E-state index contributed by atoms with van der Waals surface area (Å²) in [7, 11) is 0. The molecule has 1 heterocycles. The van der Waals surface area contributed by atoms with Crippen molar-refractivity contribution in [1.29, 1.82) is 0 Å². The quantitative estimate of drug-likeness (QED) is 0.481. The predicted molar refractivity (Wildman–Crippen MR) is 115 cm³/mol. The van der Waals surface area contributed by atoms with Crippen molar-refractivity contribution in [3.63, 3.8) is 0 Å². The van der Waals surface area contributed by atoms with Crippen LogP contribution in [0.2, 0.25) is 0 Å². The maximum atomic E-state index is 13.2. The molecule has 8 heteroatoms. The van der Waals surface area contributed by atoms with Crippen LogP contribution in [0.5, 0.6) is 5.75 Å². The van der Waals surface area contributed by atoms with Crippen molar-refractivity contribution < 1.29 is 22.7 Å². The number of nitrogens with zero attached hydrogens (tertiary/aromatic N) is 1. The van der Waals surface area contributed by atoms with Gasteiger partial charge in [-0.3, -0.25) is 4.79 Å². The molecule has 0 fully saturated rings. The van der Waals surface area contributed by atoms with E-state index in [1.807, 2.05) is 17.5 Å². The summed E-state index contributed by atoms with van der Waals surface area (Å²) in [6.07, 6.45) is -3.71. The van der Waals surface area contributed by atoms with Crippen molar-refractivity contribution in [1.82, 2.24) is 4.90 Å². The molecule has 4 nitrogen and oxygen atoms in total. The Balaban J connectivity index is 1.74. The standard InChI is InChI=1S/C23H23F3N2O2S/c24-23(25,26)18-10-8-17(9-11-18)16-30-21-7-2-1-6-20(21)22(29)28(13-4-12-27)15-19-5-3-14-31-19/h1-3,5-11,14H,4,12-13,15-16,27H2. The van der Waals surface area contributed by atoms with Crippen molar-refractivity contribution in [3.8, 4) is 5.75 Å². The van der Waals surface area contributed by atoms with Crippen LogP contribution in [0, 0.1) is 0 Å². The van der Waals surface area contributed by atoms with Gasteiger partial charge in [0.2, 0.25) is 0 Å². The molecule has 0 saturated carbocycles. The molecule has 0 aliphatic heterocycles. The van der Waals surface area contributed by atoms with Crippen LogP contribution in [0.3, 0.4) is 0 Å². The second-order valence-electron chi connectivity index (χ2n) is 6.93. The number of hydrogen-bond acceptors (Lipinski definition) is 4. The molecule has 31 heavy (non-hydrogen) atoms. The fraction of sp³-hybridized carbons (Fsp3) is 0.261. The summed E-state index contributed by atoms with van der Waals surface area (Å²) in [6.45, 7) is 1.51. The molecule has 3 rings (SSSR count). The van der Waals surface area contributed by atoms with E-state index in [1.165, 1.54) is 12.1 Å². The Labute approximate surface area is 183 Å². The Bertz CT molecular complexity index is 973. The van der Waals surface area contributed by atoms with Gasteiger partial charge in [-0.05, 0) is 54.2 Å². The van der Waals surface area contributed by atoms with Crippen LogP contribution < -0.4 is 10.5 Å². The van der Waals surface area contributed by atoms with E-state index in [0.717, 1.165) is 17.0 Å². The van der Waals surface area contributed by atoms with Crippen molar-refractivity contribution in [2.45, 2.75) is 25.7 Å². The number of rotatable bonds is 9. The van der Waals surface area contributed by atoms with E-state index in [9.17, 15) is 18.0 Å². The van der Waals surface area contributed by atoms with Gasteiger partial charge in [-0.25, -0.2) is 0 Å². The van der Waals surface area contributed by atoms with Crippen molar-refractivity contribution >= 4 is 17.2 Å². The number of carbonyl (C=O) groups is 1. The average molecular weight is 449 g/mol. The lowest BCUT2D eigenvalue weighted by atomic mass is 10.1. The number of amides is 1. The van der Waals surface area contributed by atoms with Crippen LogP contribution in [-0.2, 0) is 19.3 Å². The lowest BCUT2D eigenvalue weighted by Crippen LogP contribution is -2.32. The summed E-state index contributed by atoms with van der Waals surface area (Å²) in [4.78, 5) is 16.0. The van der Waals surface area contributed by atoms with Gasteiger partial charge in [0.05, 0.1) is 17.7 Å². The number of halogens is 3. The van der Waals surface area contributed by atoms with Gasteiger partial charge < -0.3 is 15.4 Å². The summed E-state index contributed by atoms with van der Waals surface area (Å²) in [6, 6.07) is 15.6. The number of alkyl halides is 3. The highest BCUT2D eigenvalue weighted by Gasteiger charge is 2.30. The first kappa shape index (κ1) is 22.8. The van der Waals surface area contributed by atoms with Gasteiger partial charge >= 0.3 is 6.18 Å². The minimum absolute atomic E-state index is 0.0517. The van der Waals surface area contributed by atoms with Crippen molar-refractivity contribution in [2.24, 2.45) is 5.73 Å². The van der Waals surface area contributed by atoms with Crippen LogP contribution in [0.15, 0.2) is 66.0 Å². The third-order valence-corrected chi connectivity index (χ3v) is 5.50. The molecule has 0 bridgehead atoms. The van der Waals surface area contributed by atoms with Crippen LogP contribution in [0.1, 0.15) is 32.8 Å². The molecule has 164 valence electrons. The molecule has 1 aromatic heterocycles. The smallest absolute Gasteiger partial charge is 0.416 e. The summed E-state index contributed by atoms with van der Waals surface area (Å²) in [5.41, 5.74) is 5.91. The summed E-state index contributed by atoms with van der Waals surface area (Å²) < 4.78 is 44.0. The molecule has 0 atom stereocenters. The lowest BCUT2D eigenvalue weighted by Gasteiger charge is -2.23. The third kappa shape index (κ3) is 6.32. The molecular formula is C23H23F3N2O2S. The number of para-hydroxylation sites is 1. The second-order valence-corrected chi connectivity index (χ2v) is 7.96. The van der Waals surface area contributed by atoms with Gasteiger partial charge in [0, 0.05) is 11.4 Å². The zero-order chi connectivity index (χ0) is 22.3. The largest absolute Gasteiger partial charge is 0.488 e. The average Bonchev–Trinajstić information content (AvgIpc) is 3.28. The monoisotopic (exact) mass is 448 g/mol. The van der Waals surface area contributed by atoms with E-state index in [2.05, 4.69) is 0 Å². The van der Waals surface area contributed by atoms with E-state index < -0.39 is 11.7 Å². The minimum atomic E-state index is -4.38. The number of ether oxygens (including phenoxy) is 1. The van der Waals surface area contributed by atoms with Gasteiger partial charge in [-0.2, -0.15) is 13.2 Å². The molecule has 0 unspecified atom stereocenters. The molecule has 0 radical (unpaired) electrons. The van der Waals surface area contributed by atoms with Gasteiger partial charge in [-0.1, -0.05) is 30.3 Å². The highest BCUT2D eigenvalue weighted by Crippen LogP contribution is 2.29. The minimum Gasteiger partial charge on any atom is -0.488 e. The number of thiophene rings is 1. The van der Waals surface area contributed by atoms with Gasteiger partial charge in [0.25, 0.3) is 5.91 Å². The van der Waals surface area contributed by atoms with E-state index in [0.29, 0.717) is 42.9 Å². The summed E-state index contributed by atoms with van der Waals surface area (Å²) in [5, 5.41) is 1.96. The molecule has 0 aliphatic carbocycles.